The summed E-state index contributed by atoms with van der Waals surface area (Å²) in [4.78, 5) is 48.8. The quantitative estimate of drug-likeness (QED) is 0.404. The Morgan fingerprint density at radius 2 is 1.82 bits per heavy atom. The smallest absolute Gasteiger partial charge is 0.247 e. The number of hydrogen-bond acceptors (Lipinski definition) is 5. The van der Waals surface area contributed by atoms with E-state index in [-0.39, 0.29) is 35.5 Å². The molecule has 3 fully saturated rings. The molecule has 2 bridgehead atoms. The minimum absolute atomic E-state index is 0.0292. The van der Waals surface area contributed by atoms with Crippen LogP contribution in [-0.4, -0.2) is 85.3 Å². The summed E-state index contributed by atoms with van der Waals surface area (Å²) in [5.41, 5.74) is 0.255. The highest BCUT2D eigenvalue weighted by Gasteiger charge is 2.77. The molecule has 3 saturated heterocycles. The van der Waals surface area contributed by atoms with E-state index >= 15 is 0 Å². The molecular formula is C32H45N3O4S. The molecule has 0 radical (unpaired) electrons. The maximum atomic E-state index is 14.8. The van der Waals surface area contributed by atoms with Gasteiger partial charge in [-0.2, -0.15) is 0 Å². The van der Waals surface area contributed by atoms with Crippen molar-refractivity contribution in [3.8, 4) is 0 Å². The molecule has 3 aliphatic heterocycles. The molecule has 1 N–H and O–H groups in total. The fourth-order valence-corrected chi connectivity index (χ4v) is 9.68. The van der Waals surface area contributed by atoms with E-state index in [9.17, 15) is 19.5 Å². The fraction of sp³-hybridized carbons (Fsp3) is 0.594. The van der Waals surface area contributed by atoms with Gasteiger partial charge in [-0.25, -0.2) is 0 Å². The Morgan fingerprint density at radius 1 is 1.18 bits per heavy atom. The highest BCUT2D eigenvalue weighted by atomic mass is 32.2. The van der Waals surface area contributed by atoms with Crippen LogP contribution in [0.3, 0.4) is 0 Å². The number of nitrogens with zero attached hydrogens (tertiary/aromatic N) is 3. The standard InChI is InChI=1S/C32H45N3O4S/c1-8-16-33(17-9-2)28(37)25-24-19-21(4)32(40-24)26(25)29(38)35(23(20-36)22-14-12-11-13-15-22)27(32)30(39)34(18-10-3)31(5,6)7/h8,10-15,21,23-27,36H,1,3,9,16-20H2,2,4-7H3/t21?,23-,24+,25-,26+,27?,32?/m1/s1. The summed E-state index contributed by atoms with van der Waals surface area (Å²) >= 11 is 1.67. The molecule has 1 aromatic carbocycles. The van der Waals surface area contributed by atoms with Crippen LogP contribution in [-0.2, 0) is 14.4 Å². The fourth-order valence-electron chi connectivity index (χ4n) is 7.29. The lowest BCUT2D eigenvalue weighted by Gasteiger charge is -2.45. The number of carbonyl (C=O) groups is 3. The van der Waals surface area contributed by atoms with E-state index in [0.29, 0.717) is 19.6 Å². The third-order valence-electron chi connectivity index (χ3n) is 8.94. The SMILES string of the molecule is C=CCN(CCC)C(=O)[C@@H]1[C@@H]2CC(C)C3(S2)C(C(=O)N(CC=C)C(C)(C)C)N([C@H](CO)c2ccccc2)C(=O)[C@H]13. The zero-order chi connectivity index (χ0) is 29.4. The minimum Gasteiger partial charge on any atom is -0.394 e. The highest BCUT2D eigenvalue weighted by Crippen LogP contribution is 2.69. The van der Waals surface area contributed by atoms with Crippen molar-refractivity contribution in [2.75, 3.05) is 26.2 Å². The van der Waals surface area contributed by atoms with E-state index in [4.69, 9.17) is 0 Å². The number of amides is 3. The number of carbonyl (C=O) groups excluding carboxylic acids is 3. The Labute approximate surface area is 243 Å². The molecule has 0 saturated carbocycles. The number of aliphatic hydroxyl groups is 1. The number of rotatable bonds is 11. The first-order valence-corrected chi connectivity index (χ1v) is 15.3. The van der Waals surface area contributed by atoms with Crippen molar-refractivity contribution in [2.45, 2.75) is 75.1 Å². The van der Waals surface area contributed by atoms with Crippen molar-refractivity contribution in [1.82, 2.24) is 14.7 Å². The molecule has 3 unspecified atom stereocenters. The third-order valence-corrected chi connectivity index (χ3v) is 11.0. The van der Waals surface area contributed by atoms with E-state index in [1.807, 2.05) is 62.9 Å². The summed E-state index contributed by atoms with van der Waals surface area (Å²) in [5.74, 6) is -1.50. The summed E-state index contributed by atoms with van der Waals surface area (Å²) in [6.07, 6.45) is 5.02. The van der Waals surface area contributed by atoms with Gasteiger partial charge in [0.05, 0.1) is 29.2 Å². The maximum absolute atomic E-state index is 14.8. The largest absolute Gasteiger partial charge is 0.394 e. The molecule has 7 nitrogen and oxygen atoms in total. The van der Waals surface area contributed by atoms with Gasteiger partial charge in [0, 0.05) is 30.4 Å². The van der Waals surface area contributed by atoms with E-state index in [0.717, 1.165) is 18.4 Å². The van der Waals surface area contributed by atoms with Gasteiger partial charge in [-0.1, -0.05) is 56.3 Å². The van der Waals surface area contributed by atoms with Crippen LogP contribution in [0.15, 0.2) is 55.6 Å². The molecule has 4 rings (SSSR count). The monoisotopic (exact) mass is 567 g/mol. The van der Waals surface area contributed by atoms with Gasteiger partial charge >= 0.3 is 0 Å². The summed E-state index contributed by atoms with van der Waals surface area (Å²) in [6.45, 7) is 18.9. The van der Waals surface area contributed by atoms with Gasteiger partial charge in [0.2, 0.25) is 17.7 Å². The van der Waals surface area contributed by atoms with Crippen molar-refractivity contribution in [2.24, 2.45) is 17.8 Å². The Balaban J connectivity index is 1.89. The van der Waals surface area contributed by atoms with E-state index in [1.54, 1.807) is 33.7 Å². The molecule has 0 aromatic heterocycles. The van der Waals surface area contributed by atoms with Crippen molar-refractivity contribution in [3.63, 3.8) is 0 Å². The summed E-state index contributed by atoms with van der Waals surface area (Å²) in [5, 5.41) is 10.7. The summed E-state index contributed by atoms with van der Waals surface area (Å²) in [6, 6.07) is 7.90. The molecule has 1 aromatic rings. The van der Waals surface area contributed by atoms with Crippen LogP contribution in [0.25, 0.3) is 0 Å². The molecule has 0 aliphatic carbocycles. The van der Waals surface area contributed by atoms with Crippen LogP contribution in [0.5, 0.6) is 0 Å². The van der Waals surface area contributed by atoms with Gasteiger partial charge in [0.25, 0.3) is 0 Å². The van der Waals surface area contributed by atoms with Crippen molar-refractivity contribution < 1.29 is 19.5 Å². The number of hydrogen-bond donors (Lipinski definition) is 1. The molecule has 7 atom stereocenters. The molecule has 8 heteroatoms. The second-order valence-electron chi connectivity index (χ2n) is 12.4. The van der Waals surface area contributed by atoms with Gasteiger partial charge in [0.15, 0.2) is 0 Å². The number of fused-ring (bicyclic) bond motifs is 1. The Bertz CT molecular complexity index is 1130. The van der Waals surface area contributed by atoms with E-state index in [2.05, 4.69) is 20.1 Å². The molecule has 1 spiro atoms. The topological polar surface area (TPSA) is 81.2 Å². The Kier molecular flexibility index (Phi) is 8.91. The summed E-state index contributed by atoms with van der Waals surface area (Å²) in [7, 11) is 0. The average molecular weight is 568 g/mol. The zero-order valence-corrected chi connectivity index (χ0v) is 25.4. The van der Waals surface area contributed by atoms with Crippen molar-refractivity contribution >= 4 is 29.5 Å². The van der Waals surface area contributed by atoms with Crippen LogP contribution >= 0.6 is 11.8 Å². The first kappa shape index (κ1) is 30.4. The molecular weight excluding hydrogens is 522 g/mol. The van der Waals surface area contributed by atoms with Crippen molar-refractivity contribution in [1.29, 1.82) is 0 Å². The maximum Gasteiger partial charge on any atom is 0.247 e. The van der Waals surface area contributed by atoms with Crippen LogP contribution in [0, 0.1) is 17.8 Å². The van der Waals surface area contributed by atoms with Gasteiger partial charge < -0.3 is 19.8 Å². The first-order chi connectivity index (χ1) is 19.0. The number of thioether (sulfide) groups is 1. The van der Waals surface area contributed by atoms with Gasteiger partial charge in [-0.3, -0.25) is 14.4 Å². The van der Waals surface area contributed by atoms with E-state index < -0.39 is 34.2 Å². The Hall–Kier alpha value is -2.58. The average Bonchev–Trinajstić information content (AvgIpc) is 3.51. The predicted molar refractivity (Wildman–Crippen MR) is 161 cm³/mol. The van der Waals surface area contributed by atoms with Gasteiger partial charge in [-0.15, -0.1) is 24.9 Å². The number of likely N-dealkylation sites (tertiary alicyclic amines) is 1. The molecule has 3 heterocycles. The minimum atomic E-state index is -0.816. The molecule has 218 valence electrons. The molecule has 40 heavy (non-hydrogen) atoms. The number of benzene rings is 1. The first-order valence-electron chi connectivity index (χ1n) is 14.5. The lowest BCUT2D eigenvalue weighted by Crippen LogP contribution is -2.61. The van der Waals surface area contributed by atoms with Crippen LogP contribution in [0.1, 0.15) is 59.1 Å². The van der Waals surface area contributed by atoms with Crippen LogP contribution in [0.4, 0.5) is 0 Å². The normalized spacial score (nSPS) is 29.7. The second kappa shape index (κ2) is 11.7. The number of aliphatic hydroxyl groups excluding tert-OH is 1. The van der Waals surface area contributed by atoms with E-state index in [1.165, 1.54) is 0 Å². The van der Waals surface area contributed by atoms with Crippen LogP contribution in [0.2, 0.25) is 0 Å². The zero-order valence-electron chi connectivity index (χ0n) is 24.6. The molecule has 3 aliphatic rings. The van der Waals surface area contributed by atoms with Gasteiger partial charge in [-0.05, 0) is 45.1 Å². The second-order valence-corrected chi connectivity index (χ2v) is 13.9. The van der Waals surface area contributed by atoms with Crippen molar-refractivity contribution in [3.05, 3.63) is 61.2 Å². The lowest BCUT2D eigenvalue weighted by atomic mass is 9.65. The highest BCUT2D eigenvalue weighted by molar-refractivity contribution is 8.02. The van der Waals surface area contributed by atoms with Gasteiger partial charge in [0.1, 0.15) is 6.04 Å². The Morgan fingerprint density at radius 3 is 2.38 bits per heavy atom. The predicted octanol–water partition coefficient (Wildman–Crippen LogP) is 4.29. The molecule has 3 amide bonds. The lowest BCUT2D eigenvalue weighted by molar-refractivity contribution is -0.149. The van der Waals surface area contributed by atoms with Crippen LogP contribution < -0.4 is 0 Å². The third kappa shape index (κ3) is 4.81. The summed E-state index contributed by atoms with van der Waals surface area (Å²) < 4.78 is -0.766.